The first kappa shape index (κ1) is 31.0. The zero-order valence-corrected chi connectivity index (χ0v) is 25.1. The molecule has 2 saturated carbocycles. The van der Waals surface area contributed by atoms with Gasteiger partial charge in [0.05, 0.1) is 17.4 Å². The largest absolute Gasteiger partial charge is 0.478 e. The van der Waals surface area contributed by atoms with Crippen molar-refractivity contribution in [2.75, 3.05) is 6.61 Å². The number of fused-ring (bicyclic) bond motifs is 4. The van der Waals surface area contributed by atoms with E-state index in [1.54, 1.807) is 26.8 Å². The van der Waals surface area contributed by atoms with E-state index in [0.29, 0.717) is 12.8 Å². The minimum absolute atomic E-state index is 0.0674. The summed E-state index contributed by atoms with van der Waals surface area (Å²) in [5.41, 5.74) is -4.25. The smallest absolute Gasteiger partial charge is 0.330 e. The van der Waals surface area contributed by atoms with Gasteiger partial charge in [-0.3, -0.25) is 24.0 Å². The highest BCUT2D eigenvalue weighted by Gasteiger charge is 2.74. The Labute approximate surface area is 240 Å². The highest BCUT2D eigenvalue weighted by molar-refractivity contribution is 6.18. The zero-order valence-electron chi connectivity index (χ0n) is 25.1. The number of rotatable bonds is 7. The Hall–Kier alpha value is -2.94. The third-order valence-corrected chi connectivity index (χ3v) is 11.6. The molecule has 0 aromatic carbocycles. The molecule has 224 valence electrons. The third-order valence-electron chi connectivity index (χ3n) is 11.6. The molecule has 9 nitrogen and oxygen atoms in total. The molecule has 4 aliphatic rings. The van der Waals surface area contributed by atoms with E-state index >= 15 is 0 Å². The Kier molecular flexibility index (Phi) is 7.64. The standard InChI is InChI=1S/C32H42O9/c1-16(9-8-10-17(2)28(39)40)19-13-23(37)32(7)24-20(35)14-21-29(4,12-11-22(36)30(21,5)15-33)25(24)26(38)27(31(19,32)6)41-18(3)34/h10,16,19,21,27,33H,8-9,11-15H2,1-7H3,(H,39,40). The summed E-state index contributed by atoms with van der Waals surface area (Å²) < 4.78 is 5.80. The predicted octanol–water partition coefficient (Wildman–Crippen LogP) is 3.80. The Morgan fingerprint density at radius 1 is 1.02 bits per heavy atom. The number of carbonyl (C=O) groups is 6. The van der Waals surface area contributed by atoms with Crippen molar-refractivity contribution in [2.24, 2.45) is 39.4 Å². The number of ether oxygens (including phenoxy) is 1. The number of Topliss-reactive ketones (excluding diaryl/α,β-unsaturated/α-hetero) is 4. The molecule has 0 saturated heterocycles. The first-order valence-corrected chi connectivity index (χ1v) is 14.5. The van der Waals surface area contributed by atoms with Gasteiger partial charge in [-0.05, 0) is 50.9 Å². The summed E-state index contributed by atoms with van der Waals surface area (Å²) in [5, 5.41) is 19.5. The van der Waals surface area contributed by atoms with Gasteiger partial charge in [-0.1, -0.05) is 33.8 Å². The second-order valence-corrected chi connectivity index (χ2v) is 13.6. The van der Waals surface area contributed by atoms with Crippen LogP contribution in [-0.2, 0) is 33.5 Å². The molecule has 8 atom stereocenters. The summed E-state index contributed by atoms with van der Waals surface area (Å²) in [6.07, 6.45) is 1.70. The summed E-state index contributed by atoms with van der Waals surface area (Å²) in [6, 6.07) is 0. The number of aliphatic carboxylic acids is 1. The van der Waals surface area contributed by atoms with Gasteiger partial charge < -0.3 is 14.9 Å². The highest BCUT2D eigenvalue weighted by atomic mass is 16.5. The predicted molar refractivity (Wildman–Crippen MR) is 147 cm³/mol. The van der Waals surface area contributed by atoms with Crippen molar-refractivity contribution < 1.29 is 43.7 Å². The molecule has 0 radical (unpaired) electrons. The highest BCUT2D eigenvalue weighted by Crippen LogP contribution is 2.70. The van der Waals surface area contributed by atoms with Gasteiger partial charge >= 0.3 is 11.9 Å². The van der Waals surface area contributed by atoms with Crippen LogP contribution in [0.15, 0.2) is 22.8 Å². The third kappa shape index (κ3) is 4.13. The molecule has 0 aliphatic heterocycles. The normalized spacial score (nSPS) is 39.7. The summed E-state index contributed by atoms with van der Waals surface area (Å²) >= 11 is 0. The molecule has 2 N–H and O–H groups in total. The van der Waals surface area contributed by atoms with Crippen molar-refractivity contribution in [3.63, 3.8) is 0 Å². The van der Waals surface area contributed by atoms with Gasteiger partial charge in [0.15, 0.2) is 11.9 Å². The van der Waals surface area contributed by atoms with Crippen LogP contribution >= 0.6 is 0 Å². The van der Waals surface area contributed by atoms with Crippen LogP contribution in [0.3, 0.4) is 0 Å². The SMILES string of the molecule is CC(=O)OC1C(=O)C2=C(C(=O)CC3C(C)(CO)C(=O)CCC23C)C2(C)C(=O)CC(C(C)CCC=C(C)C(=O)O)C12C. The number of carboxylic acid groups (broad SMARTS) is 1. The Morgan fingerprint density at radius 2 is 1.66 bits per heavy atom. The molecule has 41 heavy (non-hydrogen) atoms. The lowest BCUT2D eigenvalue weighted by Gasteiger charge is -2.60. The molecule has 2 fully saturated rings. The van der Waals surface area contributed by atoms with Crippen LogP contribution in [0.25, 0.3) is 0 Å². The number of esters is 1. The summed E-state index contributed by atoms with van der Waals surface area (Å²) in [7, 11) is 0. The minimum Gasteiger partial charge on any atom is -0.478 e. The van der Waals surface area contributed by atoms with Crippen molar-refractivity contribution in [3.8, 4) is 0 Å². The molecule has 0 aromatic heterocycles. The molecule has 8 unspecified atom stereocenters. The molecule has 4 aliphatic carbocycles. The van der Waals surface area contributed by atoms with Crippen LogP contribution in [0.1, 0.15) is 87.0 Å². The lowest BCUT2D eigenvalue weighted by atomic mass is 9.42. The molecular formula is C32H42O9. The van der Waals surface area contributed by atoms with Crippen LogP contribution in [0.4, 0.5) is 0 Å². The summed E-state index contributed by atoms with van der Waals surface area (Å²) in [5.74, 6) is -4.14. The fourth-order valence-corrected chi connectivity index (χ4v) is 8.87. The average molecular weight is 571 g/mol. The Morgan fingerprint density at radius 3 is 2.22 bits per heavy atom. The zero-order chi connectivity index (χ0) is 30.9. The number of aliphatic hydroxyl groups excluding tert-OH is 1. The van der Waals surface area contributed by atoms with Gasteiger partial charge in [-0.25, -0.2) is 4.79 Å². The second-order valence-electron chi connectivity index (χ2n) is 13.6. The van der Waals surface area contributed by atoms with E-state index < -0.39 is 63.9 Å². The molecule has 9 heteroatoms. The number of allylic oxidation sites excluding steroid dienone is 2. The van der Waals surface area contributed by atoms with Crippen molar-refractivity contribution in [3.05, 3.63) is 22.8 Å². The number of carbonyl (C=O) groups excluding carboxylic acids is 5. The van der Waals surface area contributed by atoms with Crippen LogP contribution in [0.5, 0.6) is 0 Å². The van der Waals surface area contributed by atoms with E-state index in [4.69, 9.17) is 4.74 Å². The van der Waals surface area contributed by atoms with Crippen molar-refractivity contribution in [1.29, 1.82) is 0 Å². The number of hydrogen-bond donors (Lipinski definition) is 2. The maximum absolute atomic E-state index is 14.6. The van der Waals surface area contributed by atoms with Gasteiger partial charge in [0.25, 0.3) is 0 Å². The van der Waals surface area contributed by atoms with E-state index in [-0.39, 0.29) is 65.7 Å². The van der Waals surface area contributed by atoms with Crippen molar-refractivity contribution >= 4 is 35.1 Å². The first-order valence-electron chi connectivity index (χ1n) is 14.5. The van der Waals surface area contributed by atoms with Gasteiger partial charge in [-0.2, -0.15) is 0 Å². The number of ketones is 4. The second kappa shape index (κ2) is 10.1. The van der Waals surface area contributed by atoms with Crippen LogP contribution in [0, 0.1) is 39.4 Å². The quantitative estimate of drug-likeness (QED) is 0.344. The van der Waals surface area contributed by atoms with Gasteiger partial charge in [-0.15, -0.1) is 0 Å². The number of aliphatic hydroxyl groups is 1. The van der Waals surface area contributed by atoms with Crippen molar-refractivity contribution in [1.82, 2.24) is 0 Å². The summed E-state index contributed by atoms with van der Waals surface area (Å²) in [4.78, 5) is 79.5. The van der Waals surface area contributed by atoms with E-state index in [2.05, 4.69) is 0 Å². The van der Waals surface area contributed by atoms with Gasteiger partial charge in [0, 0.05) is 53.7 Å². The molecule has 0 bridgehead atoms. The molecule has 0 amide bonds. The molecule has 0 spiro atoms. The van der Waals surface area contributed by atoms with Gasteiger partial charge in [0.1, 0.15) is 11.6 Å². The minimum atomic E-state index is -1.41. The molecule has 0 heterocycles. The van der Waals surface area contributed by atoms with Crippen molar-refractivity contribution in [2.45, 2.75) is 93.1 Å². The molecule has 0 aromatic rings. The van der Waals surface area contributed by atoms with Crippen LogP contribution < -0.4 is 0 Å². The first-order chi connectivity index (χ1) is 18.9. The average Bonchev–Trinajstić information content (AvgIpc) is 3.11. The van der Waals surface area contributed by atoms with E-state index in [0.717, 1.165) is 0 Å². The van der Waals surface area contributed by atoms with Gasteiger partial charge in [0.2, 0.25) is 5.78 Å². The van der Waals surface area contributed by atoms with Crippen LogP contribution in [-0.4, -0.2) is 58.0 Å². The van der Waals surface area contributed by atoms with E-state index in [9.17, 15) is 39.0 Å². The number of hydrogen-bond acceptors (Lipinski definition) is 8. The maximum Gasteiger partial charge on any atom is 0.330 e. The fourth-order valence-electron chi connectivity index (χ4n) is 8.87. The topological polar surface area (TPSA) is 152 Å². The van der Waals surface area contributed by atoms with Crippen LogP contribution in [0.2, 0.25) is 0 Å². The lowest BCUT2D eigenvalue weighted by Crippen LogP contribution is -2.65. The number of carboxylic acids is 1. The fraction of sp³-hybridized carbons (Fsp3) is 0.688. The molecular weight excluding hydrogens is 528 g/mol. The lowest BCUT2D eigenvalue weighted by molar-refractivity contribution is -0.175. The van der Waals surface area contributed by atoms with E-state index in [1.807, 2.05) is 13.8 Å². The summed E-state index contributed by atoms with van der Waals surface area (Å²) in [6.45, 7) is 11.2. The molecule has 4 rings (SSSR count). The Bertz CT molecular complexity index is 1310. The van der Waals surface area contributed by atoms with E-state index in [1.165, 1.54) is 13.8 Å². The maximum atomic E-state index is 14.6. The Balaban J connectivity index is 1.91. The monoisotopic (exact) mass is 570 g/mol.